The minimum absolute atomic E-state index is 0.111. The number of amides is 2. The molecule has 0 aromatic carbocycles. The van der Waals surface area contributed by atoms with Crippen molar-refractivity contribution in [1.82, 2.24) is 10.6 Å². The van der Waals surface area contributed by atoms with Gasteiger partial charge < -0.3 is 15.1 Å². The van der Waals surface area contributed by atoms with Crippen molar-refractivity contribution in [2.75, 3.05) is 13.1 Å². The second-order valence-corrected chi connectivity index (χ2v) is 4.31. The Kier molecular flexibility index (Phi) is 5.75. The van der Waals surface area contributed by atoms with Crippen LogP contribution in [0.1, 0.15) is 12.7 Å². The zero-order valence-corrected chi connectivity index (χ0v) is 11.5. The van der Waals surface area contributed by atoms with Crippen LogP contribution in [0.25, 0.3) is 6.08 Å². The SMILES string of the molecule is CC(=O)NCCNC(=O)C=Cc1ccc(I)o1. The van der Waals surface area contributed by atoms with Crippen molar-refractivity contribution in [3.8, 4) is 0 Å². The topological polar surface area (TPSA) is 71.3 Å². The Hall–Kier alpha value is -1.31. The number of nitrogens with one attached hydrogen (secondary N) is 2. The Morgan fingerprint density at radius 2 is 2.06 bits per heavy atom. The maximum absolute atomic E-state index is 11.3. The number of rotatable bonds is 5. The van der Waals surface area contributed by atoms with E-state index in [2.05, 4.69) is 33.2 Å². The van der Waals surface area contributed by atoms with Gasteiger partial charge in [-0.3, -0.25) is 9.59 Å². The molecule has 0 unspecified atom stereocenters. The van der Waals surface area contributed by atoms with Gasteiger partial charge in [-0.2, -0.15) is 0 Å². The molecular weight excluding hydrogens is 335 g/mol. The van der Waals surface area contributed by atoms with Gasteiger partial charge in [-0.05, 0) is 40.8 Å². The minimum atomic E-state index is -0.221. The summed E-state index contributed by atoms with van der Waals surface area (Å²) < 4.78 is 6.03. The largest absolute Gasteiger partial charge is 0.451 e. The van der Waals surface area contributed by atoms with Crippen LogP contribution in [0.4, 0.5) is 0 Å². The van der Waals surface area contributed by atoms with Crippen LogP contribution in [0.2, 0.25) is 0 Å². The summed E-state index contributed by atoms with van der Waals surface area (Å²) in [7, 11) is 0. The minimum Gasteiger partial charge on any atom is -0.451 e. The molecule has 0 radical (unpaired) electrons. The zero-order chi connectivity index (χ0) is 12.7. The van der Waals surface area contributed by atoms with E-state index in [9.17, 15) is 9.59 Å². The first-order valence-electron chi connectivity index (χ1n) is 5.03. The fraction of sp³-hybridized carbons (Fsp3) is 0.273. The number of hydrogen-bond acceptors (Lipinski definition) is 3. The first-order chi connectivity index (χ1) is 8.08. The summed E-state index contributed by atoms with van der Waals surface area (Å²) in [6.45, 7) is 2.26. The first kappa shape index (κ1) is 13.8. The summed E-state index contributed by atoms with van der Waals surface area (Å²) in [4.78, 5) is 21.9. The molecule has 0 saturated heterocycles. The highest BCUT2D eigenvalue weighted by molar-refractivity contribution is 14.1. The highest BCUT2D eigenvalue weighted by Gasteiger charge is 1.97. The fourth-order valence-electron chi connectivity index (χ4n) is 1.06. The first-order valence-corrected chi connectivity index (χ1v) is 6.11. The van der Waals surface area contributed by atoms with E-state index in [0.29, 0.717) is 18.8 Å². The normalized spacial score (nSPS) is 10.5. The molecule has 17 heavy (non-hydrogen) atoms. The average Bonchev–Trinajstić information content (AvgIpc) is 2.67. The van der Waals surface area contributed by atoms with Gasteiger partial charge in [-0.25, -0.2) is 0 Å². The summed E-state index contributed by atoms with van der Waals surface area (Å²) in [5.41, 5.74) is 0. The van der Waals surface area contributed by atoms with Crippen LogP contribution >= 0.6 is 22.6 Å². The number of furan rings is 1. The van der Waals surface area contributed by atoms with Crippen molar-refractivity contribution in [2.24, 2.45) is 0 Å². The summed E-state index contributed by atoms with van der Waals surface area (Å²) in [5.74, 6) is 0.299. The molecule has 0 bridgehead atoms. The average molecular weight is 348 g/mol. The lowest BCUT2D eigenvalue weighted by Gasteiger charge is -2.02. The molecule has 0 fully saturated rings. The maximum atomic E-state index is 11.3. The molecule has 0 spiro atoms. The molecule has 5 nitrogen and oxygen atoms in total. The van der Waals surface area contributed by atoms with Crippen LogP contribution in [0.3, 0.4) is 0 Å². The maximum Gasteiger partial charge on any atom is 0.244 e. The summed E-state index contributed by atoms with van der Waals surface area (Å²) in [6, 6.07) is 3.60. The molecule has 0 saturated carbocycles. The van der Waals surface area contributed by atoms with Crippen molar-refractivity contribution < 1.29 is 14.0 Å². The van der Waals surface area contributed by atoms with Crippen LogP contribution in [-0.2, 0) is 9.59 Å². The van der Waals surface area contributed by atoms with Crippen LogP contribution in [0.15, 0.2) is 22.6 Å². The number of carbonyl (C=O) groups excluding carboxylic acids is 2. The lowest BCUT2D eigenvalue weighted by molar-refractivity contribution is -0.119. The standard InChI is InChI=1S/C11H13IN2O3/c1-8(15)13-6-7-14-11(16)5-3-9-2-4-10(12)17-9/h2-5H,6-7H2,1H3,(H,13,15)(H,14,16). The Morgan fingerprint density at radius 3 is 2.65 bits per heavy atom. The van der Waals surface area contributed by atoms with Crippen molar-refractivity contribution in [3.05, 3.63) is 27.7 Å². The predicted molar refractivity (Wildman–Crippen MR) is 72.2 cm³/mol. The summed E-state index contributed by atoms with van der Waals surface area (Å²) >= 11 is 2.05. The summed E-state index contributed by atoms with van der Waals surface area (Å²) in [5, 5.41) is 5.21. The van der Waals surface area contributed by atoms with Crippen LogP contribution in [-0.4, -0.2) is 24.9 Å². The Balaban J connectivity index is 2.25. The van der Waals surface area contributed by atoms with E-state index in [1.54, 1.807) is 12.1 Å². The summed E-state index contributed by atoms with van der Waals surface area (Å²) in [6.07, 6.45) is 2.98. The van der Waals surface area contributed by atoms with Crippen LogP contribution in [0, 0.1) is 3.77 Å². The van der Waals surface area contributed by atoms with E-state index in [4.69, 9.17) is 4.42 Å². The molecule has 0 atom stereocenters. The van der Waals surface area contributed by atoms with E-state index in [1.807, 2.05) is 6.07 Å². The number of halogens is 1. The second-order valence-electron chi connectivity index (χ2n) is 3.25. The third kappa shape index (κ3) is 6.10. The molecule has 1 rings (SSSR count). The van der Waals surface area contributed by atoms with Crippen molar-refractivity contribution in [3.63, 3.8) is 0 Å². The molecule has 1 aromatic rings. The van der Waals surface area contributed by atoms with Gasteiger partial charge in [0.2, 0.25) is 11.8 Å². The molecule has 6 heteroatoms. The van der Waals surface area contributed by atoms with Gasteiger partial charge in [-0.15, -0.1) is 0 Å². The van der Waals surface area contributed by atoms with E-state index in [-0.39, 0.29) is 11.8 Å². The van der Waals surface area contributed by atoms with E-state index in [1.165, 1.54) is 13.0 Å². The quantitative estimate of drug-likeness (QED) is 0.476. The van der Waals surface area contributed by atoms with Crippen LogP contribution in [0.5, 0.6) is 0 Å². The van der Waals surface area contributed by atoms with Gasteiger partial charge in [0, 0.05) is 26.1 Å². The smallest absolute Gasteiger partial charge is 0.244 e. The van der Waals surface area contributed by atoms with Crippen molar-refractivity contribution in [1.29, 1.82) is 0 Å². The van der Waals surface area contributed by atoms with Gasteiger partial charge in [0.25, 0.3) is 0 Å². The molecule has 2 amide bonds. The zero-order valence-electron chi connectivity index (χ0n) is 9.33. The number of hydrogen-bond donors (Lipinski definition) is 2. The lowest BCUT2D eigenvalue weighted by Crippen LogP contribution is -2.32. The Morgan fingerprint density at radius 1 is 1.35 bits per heavy atom. The molecule has 1 aromatic heterocycles. The highest BCUT2D eigenvalue weighted by Crippen LogP contribution is 2.10. The van der Waals surface area contributed by atoms with Crippen molar-refractivity contribution >= 4 is 40.5 Å². The predicted octanol–water partition coefficient (Wildman–Crippen LogP) is 1.15. The van der Waals surface area contributed by atoms with E-state index < -0.39 is 0 Å². The lowest BCUT2D eigenvalue weighted by atomic mass is 10.4. The molecular formula is C11H13IN2O3. The fourth-order valence-corrected chi connectivity index (χ4v) is 1.49. The molecule has 0 aliphatic carbocycles. The van der Waals surface area contributed by atoms with E-state index >= 15 is 0 Å². The molecule has 0 aliphatic rings. The molecule has 0 aliphatic heterocycles. The molecule has 2 N–H and O–H groups in total. The highest BCUT2D eigenvalue weighted by atomic mass is 127. The van der Waals surface area contributed by atoms with Crippen LogP contribution < -0.4 is 10.6 Å². The molecule has 92 valence electrons. The van der Waals surface area contributed by atoms with Crippen molar-refractivity contribution in [2.45, 2.75) is 6.92 Å². The van der Waals surface area contributed by atoms with Gasteiger partial charge in [0.05, 0.1) is 0 Å². The molecule has 1 heterocycles. The van der Waals surface area contributed by atoms with E-state index in [0.717, 1.165) is 3.77 Å². The third-order valence-electron chi connectivity index (χ3n) is 1.79. The van der Waals surface area contributed by atoms with Gasteiger partial charge in [-0.1, -0.05) is 0 Å². The van der Waals surface area contributed by atoms with Gasteiger partial charge in [0.15, 0.2) is 3.77 Å². The second kappa shape index (κ2) is 7.10. The Labute approximate surface area is 113 Å². The Bertz CT molecular complexity index is 426. The monoisotopic (exact) mass is 348 g/mol. The van der Waals surface area contributed by atoms with Gasteiger partial charge >= 0.3 is 0 Å². The van der Waals surface area contributed by atoms with Gasteiger partial charge in [0.1, 0.15) is 5.76 Å². The number of carbonyl (C=O) groups is 2. The third-order valence-corrected chi connectivity index (χ3v) is 2.37.